The van der Waals surface area contributed by atoms with Gasteiger partial charge in [-0.15, -0.1) is 0 Å². The highest BCUT2D eigenvalue weighted by molar-refractivity contribution is 6.10. The topological polar surface area (TPSA) is 91.0 Å². The van der Waals surface area contributed by atoms with Crippen LogP contribution in [0.4, 0.5) is 15.8 Å². The highest BCUT2D eigenvalue weighted by Gasteiger charge is 2.27. The molecule has 1 aliphatic rings. The van der Waals surface area contributed by atoms with E-state index in [1.165, 1.54) is 12.1 Å². The fraction of sp³-hybridized carbons (Fsp3) is 0.0556. The molecule has 2 aromatic heterocycles. The minimum absolute atomic E-state index is 0.151. The van der Waals surface area contributed by atoms with Crippen LogP contribution in [0.5, 0.6) is 0 Å². The maximum atomic E-state index is 13.9. The van der Waals surface area contributed by atoms with Crippen LogP contribution in [0.3, 0.4) is 0 Å². The fourth-order valence-electron chi connectivity index (χ4n) is 5.54. The number of fused-ring (bicyclic) bond motifs is 3. The van der Waals surface area contributed by atoms with Crippen molar-refractivity contribution >= 4 is 23.2 Å². The third-order valence-electron chi connectivity index (χ3n) is 7.66. The molecule has 0 spiro atoms. The number of rotatable bonds is 5. The van der Waals surface area contributed by atoms with Crippen LogP contribution in [-0.2, 0) is 6.42 Å². The molecule has 0 aliphatic carbocycles. The zero-order valence-corrected chi connectivity index (χ0v) is 23.5. The lowest BCUT2D eigenvalue weighted by Crippen LogP contribution is -2.32. The first-order valence-electron chi connectivity index (χ1n) is 14.2. The quantitative estimate of drug-likeness (QED) is 0.223. The Labute approximate surface area is 253 Å². The lowest BCUT2D eigenvalue weighted by atomic mass is 9.99. The molecule has 6 aromatic rings. The number of para-hydroxylation sites is 1. The largest absolute Gasteiger partial charge is 0.340 e. The van der Waals surface area contributed by atoms with E-state index in [9.17, 15) is 14.0 Å². The van der Waals surface area contributed by atoms with Crippen molar-refractivity contribution in [2.45, 2.75) is 6.42 Å². The van der Waals surface area contributed by atoms with Gasteiger partial charge in [0.25, 0.3) is 11.8 Å². The summed E-state index contributed by atoms with van der Waals surface area (Å²) in [6, 6.07) is 33.5. The van der Waals surface area contributed by atoms with Gasteiger partial charge in [0, 0.05) is 47.2 Å². The molecule has 0 unspecified atom stereocenters. The number of nitrogens with one attached hydrogen (secondary N) is 2. The third kappa shape index (κ3) is 5.13. The first-order valence-corrected chi connectivity index (χ1v) is 14.2. The first-order chi connectivity index (χ1) is 21.5. The average Bonchev–Trinajstić information content (AvgIpc) is 3.43. The number of halogens is 1. The fourth-order valence-corrected chi connectivity index (χ4v) is 5.54. The second-order valence-electron chi connectivity index (χ2n) is 10.4. The Hall–Kier alpha value is -5.89. The maximum absolute atomic E-state index is 13.9. The Morgan fingerprint density at radius 2 is 1.59 bits per heavy atom. The molecule has 0 radical (unpaired) electrons. The molecule has 0 atom stereocenters. The van der Waals surface area contributed by atoms with E-state index in [0.717, 1.165) is 28.3 Å². The third-order valence-corrected chi connectivity index (χ3v) is 7.66. The van der Waals surface area contributed by atoms with Crippen molar-refractivity contribution in [3.8, 4) is 33.9 Å². The molecule has 2 N–H and O–H groups in total. The van der Waals surface area contributed by atoms with E-state index in [2.05, 4.69) is 15.3 Å². The monoisotopic (exact) mass is 579 g/mol. The van der Waals surface area contributed by atoms with E-state index < -0.39 is 0 Å². The van der Waals surface area contributed by atoms with Crippen molar-refractivity contribution in [1.29, 1.82) is 0 Å². The maximum Gasteiger partial charge on any atom is 0.258 e. The number of H-pyrrole nitrogens is 1. The Morgan fingerprint density at radius 3 is 2.39 bits per heavy atom. The Balaban J connectivity index is 1.12. The van der Waals surface area contributed by atoms with E-state index in [0.29, 0.717) is 46.7 Å². The summed E-state index contributed by atoms with van der Waals surface area (Å²) in [6.45, 7) is 0.460. The average molecular weight is 580 g/mol. The van der Waals surface area contributed by atoms with E-state index in [4.69, 9.17) is 4.98 Å². The first kappa shape index (κ1) is 27.0. The zero-order valence-electron chi connectivity index (χ0n) is 23.5. The summed E-state index contributed by atoms with van der Waals surface area (Å²) < 4.78 is 13.9. The van der Waals surface area contributed by atoms with Crippen molar-refractivity contribution in [3.63, 3.8) is 0 Å². The molecule has 7 rings (SSSR count). The summed E-state index contributed by atoms with van der Waals surface area (Å²) in [5.74, 6) is -0.157. The van der Waals surface area contributed by atoms with Crippen molar-refractivity contribution in [2.24, 2.45) is 0 Å². The number of imidazole rings is 1. The summed E-state index contributed by atoms with van der Waals surface area (Å²) in [7, 11) is 0. The molecular weight excluding hydrogens is 553 g/mol. The van der Waals surface area contributed by atoms with Gasteiger partial charge in [-0.2, -0.15) is 0 Å². The predicted octanol–water partition coefficient (Wildman–Crippen LogP) is 7.40. The number of aromatic amines is 1. The Morgan fingerprint density at radius 1 is 0.818 bits per heavy atom. The normalized spacial score (nSPS) is 12.2. The lowest BCUT2D eigenvalue weighted by Gasteiger charge is -2.23. The van der Waals surface area contributed by atoms with Crippen molar-refractivity contribution in [1.82, 2.24) is 15.0 Å². The van der Waals surface area contributed by atoms with Crippen LogP contribution >= 0.6 is 0 Å². The Kier molecular flexibility index (Phi) is 7.00. The van der Waals surface area contributed by atoms with Gasteiger partial charge in [-0.3, -0.25) is 14.6 Å². The van der Waals surface area contributed by atoms with Gasteiger partial charge >= 0.3 is 0 Å². The molecule has 0 saturated carbocycles. The number of anilines is 2. The molecular formula is C36H26FN5O2. The van der Waals surface area contributed by atoms with Crippen LogP contribution in [0.2, 0.25) is 0 Å². The van der Waals surface area contributed by atoms with Gasteiger partial charge in [0.15, 0.2) is 5.82 Å². The summed E-state index contributed by atoms with van der Waals surface area (Å²) in [6.07, 6.45) is 2.33. The number of pyridine rings is 1. The van der Waals surface area contributed by atoms with E-state index in [1.54, 1.807) is 65.7 Å². The molecule has 214 valence electrons. The van der Waals surface area contributed by atoms with Crippen molar-refractivity contribution in [3.05, 3.63) is 144 Å². The number of benzene rings is 4. The van der Waals surface area contributed by atoms with Gasteiger partial charge in [0.05, 0.1) is 11.4 Å². The molecule has 8 heteroatoms. The number of nitrogens with zero attached hydrogens (tertiary/aromatic N) is 3. The van der Waals surface area contributed by atoms with Crippen LogP contribution in [0, 0.1) is 5.82 Å². The summed E-state index contributed by atoms with van der Waals surface area (Å²) in [5, 5.41) is 2.91. The number of aromatic nitrogens is 3. The smallest absolute Gasteiger partial charge is 0.258 e. The highest BCUT2D eigenvalue weighted by Crippen LogP contribution is 2.37. The van der Waals surface area contributed by atoms with Crippen molar-refractivity contribution < 1.29 is 14.0 Å². The van der Waals surface area contributed by atoms with Crippen LogP contribution in [0.1, 0.15) is 26.4 Å². The summed E-state index contributed by atoms with van der Waals surface area (Å²) in [5.41, 5.74) is 6.86. The van der Waals surface area contributed by atoms with E-state index in [1.807, 2.05) is 48.5 Å². The number of amides is 2. The molecule has 3 heterocycles. The van der Waals surface area contributed by atoms with Crippen LogP contribution in [0.25, 0.3) is 33.9 Å². The lowest BCUT2D eigenvalue weighted by molar-refractivity contribution is 0.0986. The minimum Gasteiger partial charge on any atom is -0.340 e. The predicted molar refractivity (Wildman–Crippen MR) is 169 cm³/mol. The zero-order chi connectivity index (χ0) is 30.0. The summed E-state index contributed by atoms with van der Waals surface area (Å²) in [4.78, 5) is 41.5. The van der Waals surface area contributed by atoms with Crippen molar-refractivity contribution in [2.75, 3.05) is 16.8 Å². The SMILES string of the molecule is O=C(Nc1ccc(C(=O)N2CCc3[nH]c(-c4ccccn4)nc3-c3ccccc32)cc1)c1ccccc1-c1cccc(F)c1. The molecule has 44 heavy (non-hydrogen) atoms. The summed E-state index contributed by atoms with van der Waals surface area (Å²) >= 11 is 0. The van der Waals surface area contributed by atoms with Crippen LogP contribution in [0.15, 0.2) is 121 Å². The molecule has 7 nitrogen and oxygen atoms in total. The molecule has 0 saturated heterocycles. The van der Waals surface area contributed by atoms with E-state index >= 15 is 0 Å². The Bertz CT molecular complexity index is 2000. The van der Waals surface area contributed by atoms with Gasteiger partial charge in [-0.25, -0.2) is 9.37 Å². The second-order valence-corrected chi connectivity index (χ2v) is 10.4. The number of carbonyl (C=O) groups is 2. The molecule has 0 fully saturated rings. The number of hydrogen-bond acceptors (Lipinski definition) is 4. The standard InChI is InChI=1S/C36H26FN5O2/c37-25-9-7-8-24(22-25)27-10-1-2-11-28(27)35(43)39-26-17-15-23(16-18-26)36(44)42-21-19-30-33(29-12-3-4-14-32(29)42)41-34(40-30)31-13-5-6-20-38-31/h1-18,20,22H,19,21H2,(H,39,43)(H,40,41). The number of carbonyl (C=O) groups excluding carboxylic acids is 2. The van der Waals surface area contributed by atoms with E-state index in [-0.39, 0.29) is 17.6 Å². The van der Waals surface area contributed by atoms with Gasteiger partial charge < -0.3 is 15.2 Å². The second kappa shape index (κ2) is 11.4. The molecule has 1 aliphatic heterocycles. The molecule has 0 bridgehead atoms. The van der Waals surface area contributed by atoms with Gasteiger partial charge in [-0.1, -0.05) is 54.6 Å². The molecule has 4 aromatic carbocycles. The van der Waals surface area contributed by atoms with Crippen LogP contribution < -0.4 is 10.2 Å². The van der Waals surface area contributed by atoms with Gasteiger partial charge in [-0.05, 0) is 71.8 Å². The minimum atomic E-state index is -0.372. The molecule has 2 amide bonds. The highest BCUT2D eigenvalue weighted by atomic mass is 19.1. The number of hydrogen-bond donors (Lipinski definition) is 2. The van der Waals surface area contributed by atoms with Crippen LogP contribution in [-0.4, -0.2) is 33.3 Å². The van der Waals surface area contributed by atoms with Gasteiger partial charge in [0.2, 0.25) is 0 Å². The van der Waals surface area contributed by atoms with Gasteiger partial charge in [0.1, 0.15) is 11.5 Å².